The first-order valence-corrected chi connectivity index (χ1v) is 15.3. The highest BCUT2D eigenvalue weighted by Crippen LogP contribution is 2.47. The topological polar surface area (TPSA) is 0 Å². The predicted molar refractivity (Wildman–Crippen MR) is 190 cm³/mol. The van der Waals surface area contributed by atoms with Crippen LogP contribution in [0.5, 0.6) is 0 Å². The van der Waals surface area contributed by atoms with Crippen LogP contribution >= 0.6 is 0 Å². The molecular weight excluding hydrogens is 528 g/mol. The van der Waals surface area contributed by atoms with E-state index in [0.29, 0.717) is 0 Å². The summed E-state index contributed by atoms with van der Waals surface area (Å²) >= 11 is 0. The Labute approximate surface area is 256 Å². The van der Waals surface area contributed by atoms with Crippen molar-refractivity contribution in [3.05, 3.63) is 170 Å². The van der Waals surface area contributed by atoms with E-state index in [0.717, 1.165) is 0 Å². The van der Waals surface area contributed by atoms with Crippen molar-refractivity contribution < 1.29 is 0 Å². The zero-order valence-electron chi connectivity index (χ0n) is 24.2. The Morgan fingerprint density at radius 2 is 0.591 bits per heavy atom. The second kappa shape index (κ2) is 9.93. The van der Waals surface area contributed by atoms with Crippen LogP contribution in [-0.4, -0.2) is 0 Å². The van der Waals surface area contributed by atoms with Gasteiger partial charge < -0.3 is 0 Å². The fraction of sp³-hybridized carbons (Fsp3) is 0. The van der Waals surface area contributed by atoms with Crippen molar-refractivity contribution in [3.63, 3.8) is 0 Å². The Morgan fingerprint density at radius 1 is 0.227 bits per heavy atom. The molecule has 0 atom stereocenters. The summed E-state index contributed by atoms with van der Waals surface area (Å²) in [4.78, 5) is 0. The van der Waals surface area contributed by atoms with Gasteiger partial charge in [-0.3, -0.25) is 0 Å². The summed E-state index contributed by atoms with van der Waals surface area (Å²) in [6.45, 7) is 0. The first-order valence-electron chi connectivity index (χ1n) is 15.3. The highest BCUT2D eigenvalue weighted by Gasteiger charge is 2.20. The molecule has 0 heteroatoms. The van der Waals surface area contributed by atoms with Crippen molar-refractivity contribution in [2.45, 2.75) is 0 Å². The van der Waals surface area contributed by atoms with Gasteiger partial charge in [0.25, 0.3) is 0 Å². The average molecular weight is 557 g/mol. The van der Waals surface area contributed by atoms with Crippen LogP contribution in [0.25, 0.3) is 87.2 Å². The molecule has 0 nitrogen and oxygen atoms in total. The summed E-state index contributed by atoms with van der Waals surface area (Å²) < 4.78 is 0. The predicted octanol–water partition coefficient (Wildman–Crippen LogP) is 12.5. The zero-order chi connectivity index (χ0) is 29.0. The van der Waals surface area contributed by atoms with E-state index in [1.165, 1.54) is 87.2 Å². The lowest BCUT2D eigenvalue weighted by Crippen LogP contribution is -1.93. The van der Waals surface area contributed by atoms with Crippen molar-refractivity contribution >= 4 is 53.9 Å². The Kier molecular flexibility index (Phi) is 5.61. The molecule has 0 amide bonds. The highest BCUT2D eigenvalue weighted by molar-refractivity contribution is 6.25. The fourth-order valence-electron chi connectivity index (χ4n) is 7.30. The van der Waals surface area contributed by atoms with Gasteiger partial charge in [-0.25, -0.2) is 0 Å². The molecule has 0 radical (unpaired) electrons. The third-order valence-electron chi connectivity index (χ3n) is 9.22. The largest absolute Gasteiger partial charge is 0.0616 e. The van der Waals surface area contributed by atoms with Crippen LogP contribution in [0.3, 0.4) is 0 Å². The molecule has 9 rings (SSSR count). The van der Waals surface area contributed by atoms with Crippen molar-refractivity contribution in [1.29, 1.82) is 0 Å². The Hall–Kier alpha value is -5.72. The monoisotopic (exact) mass is 556 g/mol. The maximum atomic E-state index is 2.43. The molecule has 0 saturated carbocycles. The second-order valence-electron chi connectivity index (χ2n) is 11.6. The molecule has 0 fully saturated rings. The molecule has 0 N–H and O–H groups in total. The Bertz CT molecular complexity index is 2480. The van der Waals surface area contributed by atoms with Crippen LogP contribution in [0.1, 0.15) is 0 Å². The van der Waals surface area contributed by atoms with Gasteiger partial charge in [0, 0.05) is 0 Å². The SMILES string of the molecule is c1ccc2c(-c3cc(-c4c5ccccc5c(-c5cccc6ccccc56)c5ccccc45)c4ccccc4c3)cccc2c1. The lowest BCUT2D eigenvalue weighted by atomic mass is 9.83. The number of benzene rings is 9. The van der Waals surface area contributed by atoms with Gasteiger partial charge in [0.15, 0.2) is 0 Å². The van der Waals surface area contributed by atoms with Crippen molar-refractivity contribution in [2.75, 3.05) is 0 Å². The third kappa shape index (κ3) is 3.78. The van der Waals surface area contributed by atoms with Gasteiger partial charge in [-0.2, -0.15) is 0 Å². The standard InChI is InChI=1S/C44H28/c1-4-18-33-29(13-1)16-11-25-36(33)32-27-31-15-3-6-20-35(31)42(28-32)44-40-23-9-7-21-38(40)43(39-22-8-10-24-41(39)44)37-26-12-17-30-14-2-5-19-34(30)37/h1-28H. The average Bonchev–Trinajstić information content (AvgIpc) is 3.10. The minimum atomic E-state index is 1.24. The van der Waals surface area contributed by atoms with E-state index in [1.54, 1.807) is 0 Å². The quantitative estimate of drug-likeness (QED) is 0.190. The van der Waals surface area contributed by atoms with E-state index in [-0.39, 0.29) is 0 Å². The van der Waals surface area contributed by atoms with Crippen molar-refractivity contribution in [1.82, 2.24) is 0 Å². The van der Waals surface area contributed by atoms with Gasteiger partial charge in [-0.15, -0.1) is 0 Å². The summed E-state index contributed by atoms with van der Waals surface area (Å²) in [5.74, 6) is 0. The van der Waals surface area contributed by atoms with Crippen molar-refractivity contribution in [3.8, 4) is 33.4 Å². The molecule has 0 aliphatic rings. The van der Waals surface area contributed by atoms with E-state index in [2.05, 4.69) is 170 Å². The maximum absolute atomic E-state index is 2.43. The zero-order valence-corrected chi connectivity index (χ0v) is 24.2. The smallest absolute Gasteiger partial charge is 0.00199 e. The summed E-state index contributed by atoms with van der Waals surface area (Å²) in [5.41, 5.74) is 7.63. The molecular formula is C44H28. The summed E-state index contributed by atoms with van der Waals surface area (Å²) in [6, 6.07) is 62.4. The number of rotatable bonds is 3. The van der Waals surface area contributed by atoms with E-state index < -0.39 is 0 Å². The number of hydrogen-bond acceptors (Lipinski definition) is 0. The van der Waals surface area contributed by atoms with Gasteiger partial charge in [0.05, 0.1) is 0 Å². The van der Waals surface area contributed by atoms with Gasteiger partial charge in [0.2, 0.25) is 0 Å². The van der Waals surface area contributed by atoms with Crippen LogP contribution < -0.4 is 0 Å². The van der Waals surface area contributed by atoms with Crippen LogP contribution in [0.4, 0.5) is 0 Å². The molecule has 0 heterocycles. The van der Waals surface area contributed by atoms with E-state index in [4.69, 9.17) is 0 Å². The molecule has 0 unspecified atom stereocenters. The van der Waals surface area contributed by atoms with Gasteiger partial charge in [0.1, 0.15) is 0 Å². The van der Waals surface area contributed by atoms with E-state index in [9.17, 15) is 0 Å². The molecule has 204 valence electrons. The first-order chi connectivity index (χ1) is 21.8. The highest BCUT2D eigenvalue weighted by atomic mass is 14.2. The number of hydrogen-bond donors (Lipinski definition) is 0. The van der Waals surface area contributed by atoms with E-state index in [1.807, 2.05) is 0 Å². The van der Waals surface area contributed by atoms with Gasteiger partial charge >= 0.3 is 0 Å². The minimum Gasteiger partial charge on any atom is -0.0616 e. The van der Waals surface area contributed by atoms with Crippen LogP contribution in [0.2, 0.25) is 0 Å². The number of fused-ring (bicyclic) bond motifs is 5. The van der Waals surface area contributed by atoms with Crippen LogP contribution in [0, 0.1) is 0 Å². The lowest BCUT2D eigenvalue weighted by molar-refractivity contribution is 1.66. The Balaban J connectivity index is 1.43. The molecule has 9 aromatic rings. The molecule has 0 spiro atoms. The van der Waals surface area contributed by atoms with Gasteiger partial charge in [-0.05, 0) is 99.4 Å². The molecule has 0 saturated heterocycles. The second-order valence-corrected chi connectivity index (χ2v) is 11.6. The normalized spacial score (nSPS) is 11.6. The minimum absolute atomic E-state index is 1.24. The molecule has 0 aliphatic carbocycles. The molecule has 44 heavy (non-hydrogen) atoms. The maximum Gasteiger partial charge on any atom is -0.00199 e. The Morgan fingerprint density at radius 3 is 1.14 bits per heavy atom. The molecule has 0 aromatic heterocycles. The summed E-state index contributed by atoms with van der Waals surface area (Å²) in [5, 5.41) is 12.7. The first kappa shape index (κ1) is 24.8. The molecule has 0 aliphatic heterocycles. The lowest BCUT2D eigenvalue weighted by Gasteiger charge is -2.20. The molecule has 9 aromatic carbocycles. The van der Waals surface area contributed by atoms with Crippen molar-refractivity contribution in [2.24, 2.45) is 0 Å². The van der Waals surface area contributed by atoms with Crippen LogP contribution in [-0.2, 0) is 0 Å². The van der Waals surface area contributed by atoms with E-state index >= 15 is 0 Å². The molecule has 0 bridgehead atoms. The van der Waals surface area contributed by atoms with Crippen LogP contribution in [0.15, 0.2) is 170 Å². The fourth-order valence-corrected chi connectivity index (χ4v) is 7.30. The van der Waals surface area contributed by atoms with Gasteiger partial charge in [-0.1, -0.05) is 158 Å². The summed E-state index contributed by atoms with van der Waals surface area (Å²) in [7, 11) is 0. The summed E-state index contributed by atoms with van der Waals surface area (Å²) in [6.07, 6.45) is 0. The third-order valence-corrected chi connectivity index (χ3v) is 9.22.